The van der Waals surface area contributed by atoms with Gasteiger partial charge < -0.3 is 47.7 Å². The molecule has 0 amide bonds. The van der Waals surface area contributed by atoms with Crippen molar-refractivity contribution in [3.8, 4) is 0 Å². The highest BCUT2D eigenvalue weighted by atomic mass is 17.3. The Labute approximate surface area is 441 Å². The van der Waals surface area contributed by atoms with Crippen molar-refractivity contribution < 1.29 is 91.4 Å². The van der Waals surface area contributed by atoms with Gasteiger partial charge in [0.25, 0.3) is 0 Å². The van der Waals surface area contributed by atoms with Gasteiger partial charge in [-0.1, -0.05) is 41.5 Å². The fourth-order valence-corrected chi connectivity index (χ4v) is 17.3. The van der Waals surface area contributed by atoms with Crippen LogP contribution in [0.2, 0.25) is 0 Å². The van der Waals surface area contributed by atoms with Crippen LogP contribution in [0.4, 0.5) is 0 Å². The zero-order chi connectivity index (χ0) is 52.7. The Balaban J connectivity index is 0.740. The molecule has 12 aliphatic heterocycles. The minimum atomic E-state index is -1.54. The van der Waals surface area contributed by atoms with Gasteiger partial charge in [0, 0.05) is 37.0 Å². The summed E-state index contributed by atoms with van der Waals surface area (Å²) in [4.78, 5) is 79.3. The third-order valence-electron chi connectivity index (χ3n) is 21.9. The lowest BCUT2D eigenvalue weighted by Crippen LogP contribution is -2.70. The number of fused-ring (bicyclic) bond motifs is 6. The average molecular weight is 1060 g/mol. The topological polar surface area (TPSA) is 210 Å². The molecule has 1 N–H and O–H groups in total. The quantitative estimate of drug-likeness (QED) is 0.107. The maximum atomic E-state index is 14.1. The number of hydrogen-bond donors (Lipinski definition) is 1. The molecule has 0 aromatic heterocycles. The van der Waals surface area contributed by atoms with Crippen molar-refractivity contribution in [3.63, 3.8) is 0 Å². The van der Waals surface area contributed by atoms with Crippen LogP contribution in [0.5, 0.6) is 0 Å². The first kappa shape index (κ1) is 53.5. The standard InChI is InChI=1S/C56H84O19/c1-29-10-13-38-32(4)41(64-47-54(38)35(29)16-19-50(7,67-47)70-73-54)22-44(58)61-26-53(25-57,27-62-45(59)23-42-33(5)39-14-11-30(2)36-17-20-51(8)68-48(65-42)55(36,39)74-71-51)28-63-46(60)24-43-34(6)40-15-12-31(3)37-18-21-52(9)69-49(66-43)56(37,40)75-72-52/h29-43,47-49,57H,10-28H2,1-9H3/t29-,30-,31-,32-,33-,34-,35+,36+,37+,38+,39+,40+,41?,42?,43?,47-,48-,49-,50?,51?,52?,53?,54-,55-,56-/m1/s1. The zero-order valence-electron chi connectivity index (χ0n) is 45.6. The summed E-state index contributed by atoms with van der Waals surface area (Å²) >= 11 is 0. The number of aliphatic hydroxyl groups is 1. The fourth-order valence-electron chi connectivity index (χ4n) is 17.3. The summed E-state index contributed by atoms with van der Waals surface area (Å²) in [6.07, 6.45) is 5.96. The van der Waals surface area contributed by atoms with Crippen LogP contribution in [0.15, 0.2) is 0 Å². The number of rotatable bonds is 13. The van der Waals surface area contributed by atoms with Gasteiger partial charge in [0.15, 0.2) is 35.7 Å². The first-order valence-corrected chi connectivity index (χ1v) is 28.9. The Hall–Kier alpha value is -2.11. The van der Waals surface area contributed by atoms with E-state index in [9.17, 15) is 19.5 Å². The van der Waals surface area contributed by atoms with E-state index in [1.54, 1.807) is 0 Å². The molecule has 0 aromatic carbocycles. The molecule has 19 nitrogen and oxygen atoms in total. The molecule has 12 heterocycles. The van der Waals surface area contributed by atoms with Crippen molar-refractivity contribution in [1.29, 1.82) is 0 Å². The van der Waals surface area contributed by atoms with Crippen LogP contribution in [0, 0.1) is 76.4 Å². The lowest BCUT2D eigenvalue weighted by Gasteiger charge is -2.60. The lowest BCUT2D eigenvalue weighted by molar-refractivity contribution is -0.571. The molecule has 0 radical (unpaired) electrons. The van der Waals surface area contributed by atoms with Gasteiger partial charge in [-0.25, -0.2) is 29.3 Å². The normalized spacial score (nSPS) is 52.9. The van der Waals surface area contributed by atoms with Gasteiger partial charge in [-0.3, -0.25) is 14.4 Å². The molecule has 3 aliphatic carbocycles. The highest BCUT2D eigenvalue weighted by Gasteiger charge is 2.72. The zero-order valence-corrected chi connectivity index (χ0v) is 45.6. The first-order chi connectivity index (χ1) is 35.7. The van der Waals surface area contributed by atoms with Crippen molar-refractivity contribution >= 4 is 17.9 Å². The molecule has 75 heavy (non-hydrogen) atoms. The molecule has 0 aromatic rings. The summed E-state index contributed by atoms with van der Waals surface area (Å²) in [5, 5.41) is 11.3. The van der Waals surface area contributed by atoms with Gasteiger partial charge in [0.1, 0.15) is 19.8 Å². The van der Waals surface area contributed by atoms with Gasteiger partial charge >= 0.3 is 17.9 Å². The largest absolute Gasteiger partial charge is 0.465 e. The van der Waals surface area contributed by atoms with Crippen LogP contribution in [-0.4, -0.2) is 121 Å². The highest BCUT2D eigenvalue weighted by molar-refractivity contribution is 5.71. The molecular formula is C56H84O19. The van der Waals surface area contributed by atoms with Crippen LogP contribution in [-0.2, 0) is 86.3 Å². The highest BCUT2D eigenvalue weighted by Crippen LogP contribution is 2.64. The number of aliphatic hydroxyl groups excluding tert-OH is 1. The predicted octanol–water partition coefficient (Wildman–Crippen LogP) is 7.52. The second kappa shape index (κ2) is 19.3. The van der Waals surface area contributed by atoms with E-state index in [4.69, 9.17) is 72.0 Å². The Morgan fingerprint density at radius 1 is 0.440 bits per heavy atom. The van der Waals surface area contributed by atoms with Crippen molar-refractivity contribution in [1.82, 2.24) is 0 Å². The predicted molar refractivity (Wildman–Crippen MR) is 257 cm³/mol. The molecule has 422 valence electrons. The summed E-state index contributed by atoms with van der Waals surface area (Å²) in [5.74, 6) is -3.41. The van der Waals surface area contributed by atoms with Crippen molar-refractivity contribution in [3.05, 3.63) is 0 Å². The van der Waals surface area contributed by atoms with E-state index in [1.165, 1.54) is 0 Å². The van der Waals surface area contributed by atoms with Crippen LogP contribution in [0.3, 0.4) is 0 Å². The average Bonchev–Trinajstić information content (AvgIpc) is 4.03. The van der Waals surface area contributed by atoms with E-state index < -0.39 is 121 Å². The van der Waals surface area contributed by atoms with Crippen LogP contribution >= 0.6 is 0 Å². The third-order valence-corrected chi connectivity index (χ3v) is 21.9. The molecule has 24 atom stereocenters. The maximum absolute atomic E-state index is 14.1. The van der Waals surface area contributed by atoms with Gasteiger partial charge in [0.2, 0.25) is 17.4 Å². The number of carbonyl (C=O) groups is 3. The van der Waals surface area contributed by atoms with E-state index in [0.717, 1.165) is 57.8 Å². The van der Waals surface area contributed by atoms with Crippen molar-refractivity contribution in [2.75, 3.05) is 26.4 Å². The van der Waals surface area contributed by atoms with Crippen LogP contribution in [0.1, 0.15) is 159 Å². The number of ether oxygens (including phenoxy) is 9. The van der Waals surface area contributed by atoms with E-state index in [0.29, 0.717) is 37.0 Å². The molecule has 19 heteroatoms. The number of carbonyl (C=O) groups excluding carboxylic acids is 3. The summed E-state index contributed by atoms with van der Waals surface area (Å²) < 4.78 is 57.8. The van der Waals surface area contributed by atoms with Crippen LogP contribution < -0.4 is 0 Å². The first-order valence-electron chi connectivity index (χ1n) is 28.9. The minimum absolute atomic E-state index is 0.00341. The van der Waals surface area contributed by atoms with Gasteiger partial charge in [-0.2, -0.15) is 0 Å². The van der Waals surface area contributed by atoms with Gasteiger partial charge in [-0.15, -0.1) is 0 Å². The van der Waals surface area contributed by atoms with Crippen molar-refractivity contribution in [2.24, 2.45) is 76.4 Å². The molecule has 15 rings (SSSR count). The smallest absolute Gasteiger partial charge is 0.308 e. The van der Waals surface area contributed by atoms with E-state index in [1.807, 2.05) is 20.8 Å². The molecular weight excluding hydrogens is 977 g/mol. The summed E-state index contributed by atoms with van der Waals surface area (Å²) in [5.41, 5.74) is -3.93. The molecule has 15 fully saturated rings. The monoisotopic (exact) mass is 1060 g/mol. The summed E-state index contributed by atoms with van der Waals surface area (Å²) in [6.45, 7) is 16.7. The van der Waals surface area contributed by atoms with E-state index >= 15 is 0 Å². The molecule has 3 spiro atoms. The lowest BCUT2D eigenvalue weighted by atomic mass is 9.57. The van der Waals surface area contributed by atoms with Crippen molar-refractivity contribution in [2.45, 2.75) is 230 Å². The van der Waals surface area contributed by atoms with Gasteiger partial charge in [-0.05, 0) is 132 Å². The molecule has 15 aliphatic rings. The second-order valence-corrected chi connectivity index (χ2v) is 26.6. The van der Waals surface area contributed by atoms with Crippen LogP contribution in [0.25, 0.3) is 0 Å². The maximum Gasteiger partial charge on any atom is 0.308 e. The molecule has 6 unspecified atom stereocenters. The Bertz CT molecular complexity index is 1950. The molecule has 12 saturated heterocycles. The Morgan fingerprint density at radius 3 is 1.01 bits per heavy atom. The Kier molecular flexibility index (Phi) is 13.8. The van der Waals surface area contributed by atoms with Gasteiger partial charge in [0.05, 0.1) is 49.6 Å². The SMILES string of the molecule is C[C@@H]1CC[C@H]2[C@@H](C)C(CC(=O)OCC(CO)(COC(=O)CC3O[C@@H]4OC5(C)CC[C@H]6[C@H](C)CC[C@@H]([C@H]3C)[C@@]46OO5)COC(=O)CC3O[C@@H]4OC5(C)CC[C@H]6[C@H](C)CC[C@@H]([C@H]3C)[C@@]46OO5)O[C@@H]3OC4(C)CC[C@@H]1[C@]32OO4. The number of esters is 3. The summed E-state index contributed by atoms with van der Waals surface area (Å²) in [6, 6.07) is 0. The minimum Gasteiger partial charge on any atom is -0.465 e. The number of hydrogen-bond acceptors (Lipinski definition) is 19. The second-order valence-electron chi connectivity index (χ2n) is 26.6. The fraction of sp³-hybridized carbons (Fsp3) is 0.946. The molecule has 6 bridgehead atoms. The Morgan fingerprint density at radius 2 is 0.733 bits per heavy atom. The molecule has 3 saturated carbocycles. The van der Waals surface area contributed by atoms with E-state index in [-0.39, 0.29) is 72.5 Å². The van der Waals surface area contributed by atoms with E-state index in [2.05, 4.69) is 41.5 Å². The third kappa shape index (κ3) is 8.62. The summed E-state index contributed by atoms with van der Waals surface area (Å²) in [7, 11) is 0.